The van der Waals surface area contributed by atoms with Crippen molar-refractivity contribution < 1.29 is 22.6 Å². The Morgan fingerprint density at radius 3 is 2.28 bits per heavy atom. The molecule has 170 valence electrons. The Morgan fingerprint density at radius 1 is 0.906 bits per heavy atom. The average molecular weight is 476 g/mol. The second kappa shape index (κ2) is 9.43. The predicted octanol–water partition coefficient (Wildman–Crippen LogP) is 3.80. The van der Waals surface area contributed by atoms with Gasteiger partial charge in [0.1, 0.15) is 10.8 Å². The van der Waals surface area contributed by atoms with Crippen LogP contribution in [0.4, 0.5) is 0 Å². The van der Waals surface area contributed by atoms with Gasteiger partial charge in [-0.05, 0) is 37.1 Å². The zero-order valence-corrected chi connectivity index (χ0v) is 19.8. The highest BCUT2D eigenvalue weighted by molar-refractivity contribution is 7.89. The first-order valence-electron chi connectivity index (χ1n) is 10.2. The molecule has 0 radical (unpaired) electrons. The summed E-state index contributed by atoms with van der Waals surface area (Å²) in [5.41, 5.74) is 0.909. The van der Waals surface area contributed by atoms with E-state index in [0.717, 1.165) is 21.3 Å². The van der Waals surface area contributed by atoms with Gasteiger partial charge in [0.05, 0.1) is 31.8 Å². The Bertz CT molecular complexity index is 1190. The molecule has 4 rings (SSSR count). The number of para-hydroxylation sites is 1. The topological polar surface area (TPSA) is 90.9 Å². The molecular weight excluding hydrogens is 450 g/mol. The Balaban J connectivity index is 1.47. The smallest absolute Gasteiger partial charge is 0.243 e. The highest BCUT2D eigenvalue weighted by Crippen LogP contribution is 2.38. The minimum absolute atomic E-state index is 0.174. The molecule has 2 heterocycles. The summed E-state index contributed by atoms with van der Waals surface area (Å²) in [6.07, 6.45) is 1.38. The van der Waals surface area contributed by atoms with Crippen LogP contribution in [-0.2, 0) is 10.0 Å². The summed E-state index contributed by atoms with van der Waals surface area (Å²) in [4.78, 5) is 0.197. The van der Waals surface area contributed by atoms with E-state index in [0.29, 0.717) is 37.4 Å². The standard InChI is InChI=1S/C22H25N3O5S2/c1-28-18-7-5-4-6-17(18)22-24-23-21(31-22)15-10-12-25(13-11-15)32(26,27)16-8-9-19(29-2)20(14-16)30-3/h4-9,14-15H,10-13H2,1-3H3. The Hall–Kier alpha value is -2.69. The van der Waals surface area contributed by atoms with E-state index in [1.807, 2.05) is 24.3 Å². The van der Waals surface area contributed by atoms with Crippen molar-refractivity contribution in [3.63, 3.8) is 0 Å². The zero-order valence-electron chi connectivity index (χ0n) is 18.1. The first-order chi connectivity index (χ1) is 15.5. The fourth-order valence-corrected chi connectivity index (χ4v) is 6.33. The summed E-state index contributed by atoms with van der Waals surface area (Å²) >= 11 is 1.54. The van der Waals surface area contributed by atoms with E-state index >= 15 is 0 Å². The molecule has 0 amide bonds. The van der Waals surface area contributed by atoms with Crippen molar-refractivity contribution in [3.8, 4) is 27.8 Å². The van der Waals surface area contributed by atoms with Crippen molar-refractivity contribution in [1.82, 2.24) is 14.5 Å². The maximum Gasteiger partial charge on any atom is 0.243 e. The number of sulfonamides is 1. The first-order valence-corrected chi connectivity index (χ1v) is 12.4. The third-order valence-corrected chi connectivity index (χ3v) is 8.59. The molecule has 0 unspecified atom stereocenters. The summed E-state index contributed by atoms with van der Waals surface area (Å²) in [7, 11) is 1.02. The molecule has 1 saturated heterocycles. The summed E-state index contributed by atoms with van der Waals surface area (Å²) in [6.45, 7) is 0.843. The number of rotatable bonds is 7. The third kappa shape index (κ3) is 4.30. The van der Waals surface area contributed by atoms with Gasteiger partial charge in [-0.15, -0.1) is 10.2 Å². The van der Waals surface area contributed by atoms with Gasteiger partial charge in [-0.3, -0.25) is 0 Å². The lowest BCUT2D eigenvalue weighted by Crippen LogP contribution is -2.37. The van der Waals surface area contributed by atoms with Gasteiger partial charge in [0, 0.05) is 25.1 Å². The van der Waals surface area contributed by atoms with Gasteiger partial charge >= 0.3 is 0 Å². The lowest BCUT2D eigenvalue weighted by Gasteiger charge is -2.30. The number of aromatic nitrogens is 2. The van der Waals surface area contributed by atoms with Crippen molar-refractivity contribution in [3.05, 3.63) is 47.5 Å². The van der Waals surface area contributed by atoms with Crippen molar-refractivity contribution in [1.29, 1.82) is 0 Å². The van der Waals surface area contributed by atoms with E-state index in [9.17, 15) is 8.42 Å². The van der Waals surface area contributed by atoms with Gasteiger partial charge < -0.3 is 14.2 Å². The van der Waals surface area contributed by atoms with Crippen LogP contribution in [0.2, 0.25) is 0 Å². The summed E-state index contributed by atoms with van der Waals surface area (Å²) < 4.78 is 43.7. The number of ether oxygens (including phenoxy) is 3. The maximum atomic E-state index is 13.1. The van der Waals surface area contributed by atoms with Crippen LogP contribution in [0.25, 0.3) is 10.6 Å². The Morgan fingerprint density at radius 2 is 1.59 bits per heavy atom. The van der Waals surface area contributed by atoms with Crippen LogP contribution in [-0.4, -0.2) is 57.3 Å². The van der Waals surface area contributed by atoms with Crippen molar-refractivity contribution in [2.24, 2.45) is 0 Å². The molecule has 0 spiro atoms. The number of methoxy groups -OCH3 is 3. The highest BCUT2D eigenvalue weighted by Gasteiger charge is 2.32. The number of hydrogen-bond donors (Lipinski definition) is 0. The number of piperidine rings is 1. The van der Waals surface area contributed by atoms with Crippen LogP contribution >= 0.6 is 11.3 Å². The second-order valence-corrected chi connectivity index (χ2v) is 10.3. The molecule has 2 aromatic carbocycles. The van der Waals surface area contributed by atoms with Crippen molar-refractivity contribution in [2.45, 2.75) is 23.7 Å². The SMILES string of the molecule is COc1ccc(S(=O)(=O)N2CCC(c3nnc(-c4ccccc4OC)s3)CC2)cc1OC. The molecule has 0 saturated carbocycles. The molecule has 1 aliphatic heterocycles. The van der Waals surface area contributed by atoms with Crippen LogP contribution in [0.5, 0.6) is 17.2 Å². The average Bonchev–Trinajstić information content (AvgIpc) is 3.33. The molecule has 0 aliphatic carbocycles. The molecule has 0 bridgehead atoms. The molecule has 0 atom stereocenters. The van der Waals surface area contributed by atoms with E-state index in [4.69, 9.17) is 14.2 Å². The fraction of sp³-hybridized carbons (Fsp3) is 0.364. The lowest BCUT2D eigenvalue weighted by atomic mass is 9.99. The fourth-order valence-electron chi connectivity index (χ4n) is 3.80. The van der Waals surface area contributed by atoms with Crippen LogP contribution in [0, 0.1) is 0 Å². The summed E-state index contributed by atoms with van der Waals surface area (Å²) in [6, 6.07) is 12.4. The van der Waals surface area contributed by atoms with Crippen LogP contribution in [0.15, 0.2) is 47.4 Å². The van der Waals surface area contributed by atoms with E-state index in [1.54, 1.807) is 19.2 Å². The largest absolute Gasteiger partial charge is 0.496 e. The minimum Gasteiger partial charge on any atom is -0.496 e. The van der Waals surface area contributed by atoms with Gasteiger partial charge in [-0.2, -0.15) is 4.31 Å². The molecule has 10 heteroatoms. The van der Waals surface area contributed by atoms with E-state index < -0.39 is 10.0 Å². The third-order valence-electron chi connectivity index (χ3n) is 5.57. The lowest BCUT2D eigenvalue weighted by molar-refractivity contribution is 0.318. The van der Waals surface area contributed by atoms with Gasteiger partial charge in [-0.25, -0.2) is 8.42 Å². The molecule has 1 aliphatic rings. The molecule has 32 heavy (non-hydrogen) atoms. The monoisotopic (exact) mass is 475 g/mol. The first kappa shape index (κ1) is 22.5. The maximum absolute atomic E-state index is 13.1. The molecule has 3 aromatic rings. The van der Waals surface area contributed by atoms with Crippen LogP contribution in [0.1, 0.15) is 23.8 Å². The van der Waals surface area contributed by atoms with Crippen LogP contribution < -0.4 is 14.2 Å². The van der Waals surface area contributed by atoms with Gasteiger partial charge in [-0.1, -0.05) is 23.5 Å². The molecular formula is C22H25N3O5S2. The van der Waals surface area contributed by atoms with Gasteiger partial charge in [0.25, 0.3) is 0 Å². The van der Waals surface area contributed by atoms with E-state index in [2.05, 4.69) is 10.2 Å². The van der Waals surface area contributed by atoms with Crippen molar-refractivity contribution in [2.75, 3.05) is 34.4 Å². The Kier molecular flexibility index (Phi) is 6.63. The molecule has 1 aromatic heterocycles. The highest BCUT2D eigenvalue weighted by atomic mass is 32.2. The summed E-state index contributed by atoms with van der Waals surface area (Å²) in [5.74, 6) is 1.81. The number of nitrogens with zero attached hydrogens (tertiary/aromatic N) is 3. The van der Waals surface area contributed by atoms with Crippen LogP contribution in [0.3, 0.4) is 0 Å². The van der Waals surface area contributed by atoms with E-state index in [1.165, 1.54) is 35.9 Å². The second-order valence-electron chi connectivity index (χ2n) is 7.34. The molecule has 8 nitrogen and oxygen atoms in total. The number of benzene rings is 2. The predicted molar refractivity (Wildman–Crippen MR) is 122 cm³/mol. The van der Waals surface area contributed by atoms with Crippen molar-refractivity contribution >= 4 is 21.4 Å². The zero-order chi connectivity index (χ0) is 22.7. The Labute approximate surface area is 191 Å². The minimum atomic E-state index is -3.62. The van der Waals surface area contributed by atoms with Gasteiger partial charge in [0.15, 0.2) is 16.5 Å². The molecule has 1 fully saturated rings. The van der Waals surface area contributed by atoms with Gasteiger partial charge in [0.2, 0.25) is 10.0 Å². The number of hydrogen-bond acceptors (Lipinski definition) is 8. The van der Waals surface area contributed by atoms with E-state index in [-0.39, 0.29) is 10.8 Å². The summed E-state index contributed by atoms with van der Waals surface area (Å²) in [5, 5.41) is 10.5. The quantitative estimate of drug-likeness (QED) is 0.513. The normalized spacial score (nSPS) is 15.5. The molecule has 0 N–H and O–H groups in total.